The van der Waals surface area contributed by atoms with E-state index in [9.17, 15) is 9.59 Å². The number of hydrogen-bond acceptors (Lipinski definition) is 4. The Morgan fingerprint density at radius 1 is 1.30 bits per heavy atom. The first-order valence-corrected chi connectivity index (χ1v) is 5.88. The summed E-state index contributed by atoms with van der Waals surface area (Å²) >= 11 is 0. The van der Waals surface area contributed by atoms with Crippen molar-refractivity contribution >= 4 is 17.1 Å². The van der Waals surface area contributed by atoms with Crippen molar-refractivity contribution < 1.29 is 9.90 Å². The summed E-state index contributed by atoms with van der Waals surface area (Å²) in [7, 11) is 0. The van der Waals surface area contributed by atoms with Crippen molar-refractivity contribution in [1.82, 2.24) is 19.5 Å². The number of carboxylic acid groups (broad SMARTS) is 1. The quantitative estimate of drug-likeness (QED) is 0.735. The van der Waals surface area contributed by atoms with Crippen LogP contribution in [0.2, 0.25) is 0 Å². The molecule has 2 heterocycles. The summed E-state index contributed by atoms with van der Waals surface area (Å²) in [5, 5.41) is 8.84. The van der Waals surface area contributed by atoms with Gasteiger partial charge in [-0.25, -0.2) is 14.8 Å². The van der Waals surface area contributed by atoms with Crippen LogP contribution in [0.5, 0.6) is 0 Å². The van der Waals surface area contributed by atoms with Crippen molar-refractivity contribution in [2.24, 2.45) is 0 Å². The number of imidazole rings is 1. The van der Waals surface area contributed by atoms with Gasteiger partial charge < -0.3 is 10.1 Å². The highest BCUT2D eigenvalue weighted by Gasteiger charge is 2.12. The Hall–Kier alpha value is -2.96. The Labute approximate surface area is 112 Å². The van der Waals surface area contributed by atoms with Crippen molar-refractivity contribution in [2.45, 2.75) is 6.54 Å². The predicted molar refractivity (Wildman–Crippen MR) is 71.2 cm³/mol. The number of H-pyrrole nitrogens is 1. The molecular weight excluding hydrogens is 260 g/mol. The molecule has 100 valence electrons. The van der Waals surface area contributed by atoms with Gasteiger partial charge >= 0.3 is 11.7 Å². The van der Waals surface area contributed by atoms with Crippen LogP contribution in [-0.4, -0.2) is 30.6 Å². The summed E-state index contributed by atoms with van der Waals surface area (Å²) in [6.45, 7) is -0.440. The predicted octanol–water partition coefficient (Wildman–Crippen LogP) is 0.871. The van der Waals surface area contributed by atoms with E-state index in [4.69, 9.17) is 5.11 Å². The smallest absolute Gasteiger partial charge is 0.328 e. The number of fused-ring (bicyclic) bond motifs is 1. The van der Waals surface area contributed by atoms with E-state index in [0.29, 0.717) is 11.3 Å². The molecule has 0 radical (unpaired) electrons. The SMILES string of the molecule is O=C(O)Cn1c(=O)[nH]c2cnc(-c3ccccc3)nc21. The number of rotatable bonds is 3. The second-order valence-electron chi connectivity index (χ2n) is 4.21. The van der Waals surface area contributed by atoms with Crippen LogP contribution in [0.15, 0.2) is 41.3 Å². The maximum absolute atomic E-state index is 11.7. The Bertz CT molecular complexity index is 836. The fourth-order valence-electron chi connectivity index (χ4n) is 1.95. The summed E-state index contributed by atoms with van der Waals surface area (Å²) in [5.41, 5.74) is 0.981. The average molecular weight is 270 g/mol. The zero-order valence-electron chi connectivity index (χ0n) is 10.3. The van der Waals surface area contributed by atoms with Crippen molar-refractivity contribution in [3.63, 3.8) is 0 Å². The minimum Gasteiger partial charge on any atom is -0.480 e. The highest BCUT2D eigenvalue weighted by Crippen LogP contribution is 2.16. The van der Waals surface area contributed by atoms with Crippen LogP contribution in [0.25, 0.3) is 22.6 Å². The van der Waals surface area contributed by atoms with Crippen LogP contribution in [-0.2, 0) is 11.3 Å². The normalized spacial score (nSPS) is 10.8. The van der Waals surface area contributed by atoms with E-state index < -0.39 is 18.2 Å². The Morgan fingerprint density at radius 3 is 2.75 bits per heavy atom. The number of aliphatic carboxylic acids is 1. The maximum Gasteiger partial charge on any atom is 0.328 e. The van der Waals surface area contributed by atoms with Gasteiger partial charge in [-0.1, -0.05) is 30.3 Å². The fourth-order valence-corrected chi connectivity index (χ4v) is 1.95. The van der Waals surface area contributed by atoms with Gasteiger partial charge in [-0.2, -0.15) is 0 Å². The number of carboxylic acids is 1. The average Bonchev–Trinajstić information content (AvgIpc) is 2.75. The van der Waals surface area contributed by atoms with E-state index in [1.54, 1.807) is 0 Å². The molecule has 0 saturated carbocycles. The molecule has 0 aliphatic rings. The summed E-state index contributed by atoms with van der Waals surface area (Å²) < 4.78 is 1.08. The van der Waals surface area contributed by atoms with Gasteiger partial charge in [0.25, 0.3) is 0 Å². The van der Waals surface area contributed by atoms with Gasteiger partial charge in [0, 0.05) is 5.56 Å². The molecule has 0 aliphatic carbocycles. The van der Waals surface area contributed by atoms with Gasteiger partial charge in [-0.05, 0) is 0 Å². The third-order valence-corrected chi connectivity index (χ3v) is 2.84. The Morgan fingerprint density at radius 2 is 2.05 bits per heavy atom. The molecule has 0 spiro atoms. The van der Waals surface area contributed by atoms with Gasteiger partial charge in [-0.15, -0.1) is 0 Å². The third-order valence-electron chi connectivity index (χ3n) is 2.84. The zero-order chi connectivity index (χ0) is 14.1. The fraction of sp³-hybridized carbons (Fsp3) is 0.0769. The summed E-state index contributed by atoms with van der Waals surface area (Å²) in [6, 6.07) is 9.26. The molecular formula is C13H10N4O3. The monoisotopic (exact) mass is 270 g/mol. The lowest BCUT2D eigenvalue weighted by atomic mass is 10.2. The van der Waals surface area contributed by atoms with Crippen LogP contribution in [0.1, 0.15) is 0 Å². The molecule has 7 nitrogen and oxygen atoms in total. The van der Waals surface area contributed by atoms with Crippen LogP contribution in [0, 0.1) is 0 Å². The highest BCUT2D eigenvalue weighted by atomic mass is 16.4. The van der Waals surface area contributed by atoms with Gasteiger partial charge in [0.2, 0.25) is 0 Å². The van der Waals surface area contributed by atoms with Crippen molar-refractivity contribution in [1.29, 1.82) is 0 Å². The molecule has 3 aromatic rings. The summed E-state index contributed by atoms with van der Waals surface area (Å²) in [5.74, 6) is -0.663. The number of aromatic amines is 1. The molecule has 0 aliphatic heterocycles. The number of hydrogen-bond donors (Lipinski definition) is 2. The van der Waals surface area contributed by atoms with Crippen LogP contribution in [0.3, 0.4) is 0 Å². The van der Waals surface area contributed by atoms with Gasteiger partial charge in [-0.3, -0.25) is 9.36 Å². The number of nitrogens with one attached hydrogen (secondary N) is 1. The summed E-state index contributed by atoms with van der Waals surface area (Å²) in [4.78, 5) is 33.5. The molecule has 20 heavy (non-hydrogen) atoms. The second kappa shape index (κ2) is 4.61. The van der Waals surface area contributed by atoms with E-state index in [-0.39, 0.29) is 5.65 Å². The van der Waals surface area contributed by atoms with Crippen LogP contribution >= 0.6 is 0 Å². The molecule has 0 unspecified atom stereocenters. The molecule has 2 aromatic heterocycles. The van der Waals surface area contributed by atoms with E-state index >= 15 is 0 Å². The molecule has 0 amide bonds. The molecule has 3 rings (SSSR count). The van der Waals surface area contributed by atoms with E-state index in [1.807, 2.05) is 30.3 Å². The minimum absolute atomic E-state index is 0.284. The molecule has 0 atom stereocenters. The van der Waals surface area contributed by atoms with E-state index in [1.165, 1.54) is 6.20 Å². The number of nitrogens with zero attached hydrogens (tertiary/aromatic N) is 3. The van der Waals surface area contributed by atoms with Crippen LogP contribution < -0.4 is 5.69 Å². The standard InChI is InChI=1S/C13H10N4O3/c18-10(19)7-17-12-9(15-13(17)20)6-14-11(16-12)8-4-2-1-3-5-8/h1-6H,7H2,(H,15,20)(H,18,19). The number of carbonyl (C=O) groups is 1. The molecule has 2 N–H and O–H groups in total. The maximum atomic E-state index is 11.7. The largest absolute Gasteiger partial charge is 0.480 e. The molecule has 0 saturated heterocycles. The Balaban J connectivity index is 2.19. The van der Waals surface area contributed by atoms with Crippen molar-refractivity contribution in [2.75, 3.05) is 0 Å². The molecule has 0 fully saturated rings. The number of benzene rings is 1. The lowest BCUT2D eigenvalue weighted by molar-refractivity contribution is -0.137. The van der Waals surface area contributed by atoms with E-state index in [0.717, 1.165) is 10.1 Å². The van der Waals surface area contributed by atoms with Gasteiger partial charge in [0.15, 0.2) is 11.5 Å². The first-order valence-electron chi connectivity index (χ1n) is 5.88. The minimum atomic E-state index is -1.10. The topological polar surface area (TPSA) is 101 Å². The highest BCUT2D eigenvalue weighted by molar-refractivity contribution is 5.75. The lowest BCUT2D eigenvalue weighted by Gasteiger charge is -2.01. The molecule has 0 bridgehead atoms. The van der Waals surface area contributed by atoms with Gasteiger partial charge in [0.1, 0.15) is 12.1 Å². The Kier molecular flexibility index (Phi) is 2.79. The third kappa shape index (κ3) is 2.05. The van der Waals surface area contributed by atoms with E-state index in [2.05, 4.69) is 15.0 Å². The van der Waals surface area contributed by atoms with Gasteiger partial charge in [0.05, 0.1) is 6.20 Å². The first-order chi connectivity index (χ1) is 9.65. The molecule has 7 heteroatoms. The van der Waals surface area contributed by atoms with Crippen molar-refractivity contribution in [3.8, 4) is 11.4 Å². The van der Waals surface area contributed by atoms with Crippen molar-refractivity contribution in [3.05, 3.63) is 47.0 Å². The first kappa shape index (κ1) is 12.1. The number of aromatic nitrogens is 4. The zero-order valence-corrected chi connectivity index (χ0v) is 10.3. The van der Waals surface area contributed by atoms with Crippen LogP contribution in [0.4, 0.5) is 0 Å². The summed E-state index contributed by atoms with van der Waals surface area (Å²) in [6.07, 6.45) is 1.48. The second-order valence-corrected chi connectivity index (χ2v) is 4.21. The lowest BCUT2D eigenvalue weighted by Crippen LogP contribution is -2.21. The molecule has 1 aromatic carbocycles.